The number of hydrogen-bond acceptors (Lipinski definition) is 2. The van der Waals surface area contributed by atoms with Gasteiger partial charge < -0.3 is 13.9 Å². The lowest BCUT2D eigenvalue weighted by atomic mass is 10.1. The molecule has 4 nitrogen and oxygen atoms in total. The highest BCUT2D eigenvalue weighted by Gasteiger charge is 2.15. The van der Waals surface area contributed by atoms with Gasteiger partial charge in [0.1, 0.15) is 5.65 Å². The molecule has 0 radical (unpaired) electrons. The number of aromatic nitrogens is 3. The van der Waals surface area contributed by atoms with E-state index in [2.05, 4.69) is 147 Å². The Labute approximate surface area is 238 Å². The Kier molecular flexibility index (Phi) is 5.42. The molecule has 0 amide bonds. The molecule has 0 aliphatic rings. The molecule has 0 saturated carbocycles. The fraction of sp³-hybridized carbons (Fsp3) is 0. The molecule has 0 aliphatic carbocycles. The minimum absolute atomic E-state index is 0.945. The molecule has 0 spiro atoms. The van der Waals surface area contributed by atoms with Crippen molar-refractivity contribution in [3.63, 3.8) is 0 Å². The van der Waals surface area contributed by atoms with Gasteiger partial charge in [-0.15, -0.1) is 0 Å². The summed E-state index contributed by atoms with van der Waals surface area (Å²) in [6.45, 7) is 0. The van der Waals surface area contributed by atoms with Gasteiger partial charge in [-0.25, -0.2) is 4.98 Å². The van der Waals surface area contributed by atoms with Crippen molar-refractivity contribution < 1.29 is 0 Å². The monoisotopic (exact) mass is 526 g/mol. The molecule has 0 saturated heterocycles. The fourth-order valence-corrected chi connectivity index (χ4v) is 5.83. The van der Waals surface area contributed by atoms with Crippen molar-refractivity contribution in [1.82, 2.24) is 14.0 Å². The molecule has 3 aromatic heterocycles. The minimum atomic E-state index is 0.945. The van der Waals surface area contributed by atoms with E-state index in [0.29, 0.717) is 0 Å². The van der Waals surface area contributed by atoms with E-state index < -0.39 is 0 Å². The highest BCUT2D eigenvalue weighted by atomic mass is 15.1. The summed E-state index contributed by atoms with van der Waals surface area (Å²) in [6, 6.07) is 51.3. The molecule has 0 aliphatic heterocycles. The first kappa shape index (κ1) is 23.3. The molecular weight excluding hydrogens is 500 g/mol. The molecule has 8 rings (SSSR count). The van der Waals surface area contributed by atoms with Crippen molar-refractivity contribution in [1.29, 1.82) is 0 Å². The standard InChI is InChI=1S/C37H26N4/c1-2-10-28(11-3-1)40(29-19-17-27(18-20-29)34-26-39-25-9-8-16-37(39)38-34)30-21-23-31(24-22-30)41-35-14-6-4-12-32(35)33-13-5-7-15-36(33)41/h1-26H. The van der Waals surface area contributed by atoms with Crippen molar-refractivity contribution >= 4 is 44.5 Å². The molecule has 0 fully saturated rings. The molecule has 8 aromatic rings. The smallest absolute Gasteiger partial charge is 0.137 e. The van der Waals surface area contributed by atoms with Crippen LogP contribution < -0.4 is 4.90 Å². The van der Waals surface area contributed by atoms with Gasteiger partial charge in [-0.2, -0.15) is 0 Å². The van der Waals surface area contributed by atoms with Crippen LogP contribution in [-0.4, -0.2) is 14.0 Å². The second-order valence-corrected chi connectivity index (χ2v) is 10.2. The van der Waals surface area contributed by atoms with Crippen LogP contribution in [0.3, 0.4) is 0 Å². The third-order valence-electron chi connectivity index (χ3n) is 7.75. The maximum Gasteiger partial charge on any atom is 0.137 e. The third kappa shape index (κ3) is 3.97. The molecule has 0 N–H and O–H groups in total. The number of para-hydroxylation sites is 3. The van der Waals surface area contributed by atoms with Gasteiger partial charge in [-0.05, 0) is 72.8 Å². The Bertz CT molecular complexity index is 2050. The van der Waals surface area contributed by atoms with E-state index in [4.69, 9.17) is 4.98 Å². The maximum atomic E-state index is 4.80. The number of pyridine rings is 1. The summed E-state index contributed by atoms with van der Waals surface area (Å²) in [5, 5.41) is 2.53. The fourth-order valence-electron chi connectivity index (χ4n) is 5.83. The van der Waals surface area contributed by atoms with Crippen LogP contribution in [0.15, 0.2) is 158 Å². The molecular formula is C37H26N4. The van der Waals surface area contributed by atoms with E-state index >= 15 is 0 Å². The highest BCUT2D eigenvalue weighted by molar-refractivity contribution is 6.09. The first-order chi connectivity index (χ1) is 20.3. The van der Waals surface area contributed by atoms with Crippen molar-refractivity contribution in [3.05, 3.63) is 158 Å². The lowest BCUT2D eigenvalue weighted by molar-refractivity contribution is 1.17. The summed E-state index contributed by atoms with van der Waals surface area (Å²) in [5.74, 6) is 0. The average molecular weight is 527 g/mol. The molecule has 3 heterocycles. The van der Waals surface area contributed by atoms with Gasteiger partial charge >= 0.3 is 0 Å². The highest BCUT2D eigenvalue weighted by Crippen LogP contribution is 2.37. The summed E-state index contributed by atoms with van der Waals surface area (Å²) in [6.07, 6.45) is 4.10. The van der Waals surface area contributed by atoms with Gasteiger partial charge in [0.25, 0.3) is 0 Å². The number of fused-ring (bicyclic) bond motifs is 4. The average Bonchev–Trinajstić information content (AvgIpc) is 3.62. The second-order valence-electron chi connectivity index (χ2n) is 10.2. The number of nitrogens with zero attached hydrogens (tertiary/aromatic N) is 4. The van der Waals surface area contributed by atoms with Crippen LogP contribution >= 0.6 is 0 Å². The van der Waals surface area contributed by atoms with Crippen LogP contribution in [0.2, 0.25) is 0 Å². The van der Waals surface area contributed by atoms with Crippen molar-refractivity contribution in [2.75, 3.05) is 4.90 Å². The van der Waals surface area contributed by atoms with Gasteiger partial charge in [0.15, 0.2) is 0 Å². The van der Waals surface area contributed by atoms with Crippen LogP contribution in [0, 0.1) is 0 Å². The first-order valence-electron chi connectivity index (χ1n) is 13.8. The molecule has 0 unspecified atom stereocenters. The topological polar surface area (TPSA) is 25.5 Å². The molecule has 0 atom stereocenters. The largest absolute Gasteiger partial charge is 0.311 e. The normalized spacial score (nSPS) is 11.4. The van der Waals surface area contributed by atoms with Crippen molar-refractivity contribution in [3.8, 4) is 16.9 Å². The van der Waals surface area contributed by atoms with E-state index in [1.165, 1.54) is 21.8 Å². The number of benzene rings is 5. The van der Waals surface area contributed by atoms with E-state index in [0.717, 1.165) is 39.7 Å². The lowest BCUT2D eigenvalue weighted by Gasteiger charge is -2.26. The third-order valence-corrected chi connectivity index (χ3v) is 7.75. The summed E-state index contributed by atoms with van der Waals surface area (Å²) in [5.41, 5.74) is 9.86. The van der Waals surface area contributed by atoms with Crippen LogP contribution in [0.1, 0.15) is 0 Å². The number of rotatable bonds is 5. The van der Waals surface area contributed by atoms with E-state index in [1.54, 1.807) is 0 Å². The Morgan fingerprint density at radius 2 is 1.05 bits per heavy atom. The molecule has 41 heavy (non-hydrogen) atoms. The minimum Gasteiger partial charge on any atom is -0.311 e. The Morgan fingerprint density at radius 3 is 1.71 bits per heavy atom. The van der Waals surface area contributed by atoms with Crippen molar-refractivity contribution in [2.45, 2.75) is 0 Å². The predicted octanol–water partition coefficient (Wildman–Crippen LogP) is 9.57. The van der Waals surface area contributed by atoms with Gasteiger partial charge in [0.2, 0.25) is 0 Å². The van der Waals surface area contributed by atoms with Crippen LogP contribution in [0.4, 0.5) is 17.1 Å². The molecule has 5 aromatic carbocycles. The quantitative estimate of drug-likeness (QED) is 0.223. The molecule has 194 valence electrons. The molecule has 0 bridgehead atoms. The van der Waals surface area contributed by atoms with Crippen LogP contribution in [-0.2, 0) is 0 Å². The zero-order valence-corrected chi connectivity index (χ0v) is 22.3. The van der Waals surface area contributed by atoms with Crippen molar-refractivity contribution in [2.24, 2.45) is 0 Å². The van der Waals surface area contributed by atoms with Crippen LogP contribution in [0.25, 0.3) is 44.4 Å². The summed E-state index contributed by atoms with van der Waals surface area (Å²) >= 11 is 0. The Hall–Kier alpha value is -5.61. The zero-order valence-electron chi connectivity index (χ0n) is 22.3. The van der Waals surface area contributed by atoms with Crippen LogP contribution in [0.5, 0.6) is 0 Å². The van der Waals surface area contributed by atoms with Gasteiger partial charge in [-0.1, -0.05) is 72.8 Å². The van der Waals surface area contributed by atoms with E-state index in [1.807, 2.05) is 24.4 Å². The second kappa shape index (κ2) is 9.54. The SMILES string of the molecule is c1ccc(N(c2ccc(-c3cn4ccccc4n3)cc2)c2ccc(-n3c4ccccc4c4ccccc43)cc2)cc1. The van der Waals surface area contributed by atoms with E-state index in [-0.39, 0.29) is 0 Å². The summed E-state index contributed by atoms with van der Waals surface area (Å²) < 4.78 is 4.41. The molecule has 4 heteroatoms. The number of hydrogen-bond donors (Lipinski definition) is 0. The summed E-state index contributed by atoms with van der Waals surface area (Å²) in [4.78, 5) is 7.09. The van der Waals surface area contributed by atoms with Gasteiger partial charge in [0, 0.05) is 51.5 Å². The predicted molar refractivity (Wildman–Crippen MR) is 170 cm³/mol. The van der Waals surface area contributed by atoms with Gasteiger partial charge in [-0.3, -0.25) is 0 Å². The Morgan fingerprint density at radius 1 is 0.488 bits per heavy atom. The number of anilines is 3. The lowest BCUT2D eigenvalue weighted by Crippen LogP contribution is -2.10. The first-order valence-corrected chi connectivity index (χ1v) is 13.8. The van der Waals surface area contributed by atoms with Gasteiger partial charge in [0.05, 0.1) is 16.7 Å². The maximum absolute atomic E-state index is 4.80. The summed E-state index contributed by atoms with van der Waals surface area (Å²) in [7, 11) is 0. The Balaban J connectivity index is 1.20. The number of imidazole rings is 1. The zero-order chi connectivity index (χ0) is 27.2. The van der Waals surface area contributed by atoms with E-state index in [9.17, 15) is 0 Å².